The third-order valence-electron chi connectivity index (χ3n) is 3.03. The third kappa shape index (κ3) is 3.99. The standard InChI is InChI=1S/C17H16N2S2/c1-13-7-9-15(10-8-13)18-16(14-5-3-2-4-6-14)19-17-20-11-12-21-17/h2-10H,11-12H2,1H3. The number of amidine groups is 1. The number of thioether (sulfide) groups is 2. The van der Waals surface area contributed by atoms with Gasteiger partial charge >= 0.3 is 0 Å². The van der Waals surface area contributed by atoms with Crippen LogP contribution in [0.25, 0.3) is 0 Å². The van der Waals surface area contributed by atoms with E-state index in [4.69, 9.17) is 9.98 Å². The van der Waals surface area contributed by atoms with E-state index < -0.39 is 0 Å². The quantitative estimate of drug-likeness (QED) is 0.581. The average molecular weight is 312 g/mol. The Bertz CT molecular complexity index is 653. The van der Waals surface area contributed by atoms with Crippen molar-refractivity contribution in [1.29, 1.82) is 0 Å². The molecule has 1 saturated heterocycles. The van der Waals surface area contributed by atoms with Gasteiger partial charge in [-0.25, -0.2) is 9.98 Å². The topological polar surface area (TPSA) is 24.7 Å². The Balaban J connectivity index is 1.99. The van der Waals surface area contributed by atoms with Gasteiger partial charge in [0, 0.05) is 17.1 Å². The van der Waals surface area contributed by atoms with Gasteiger partial charge in [0.05, 0.1) is 5.69 Å². The third-order valence-corrected chi connectivity index (χ3v) is 5.49. The highest BCUT2D eigenvalue weighted by molar-refractivity contribution is 8.41. The molecule has 0 N–H and O–H groups in total. The molecule has 0 radical (unpaired) electrons. The zero-order chi connectivity index (χ0) is 14.5. The molecule has 2 aromatic rings. The van der Waals surface area contributed by atoms with Crippen molar-refractivity contribution in [3.05, 3.63) is 65.7 Å². The molecule has 106 valence electrons. The van der Waals surface area contributed by atoms with Gasteiger partial charge in [0.1, 0.15) is 4.38 Å². The van der Waals surface area contributed by atoms with Gasteiger partial charge in [-0.2, -0.15) is 0 Å². The van der Waals surface area contributed by atoms with Crippen LogP contribution < -0.4 is 0 Å². The van der Waals surface area contributed by atoms with E-state index in [0.717, 1.165) is 33.0 Å². The number of rotatable bonds is 2. The largest absolute Gasteiger partial charge is 0.229 e. The lowest BCUT2D eigenvalue weighted by atomic mass is 10.2. The molecule has 21 heavy (non-hydrogen) atoms. The number of aryl methyl sites for hydroxylation is 1. The highest BCUT2D eigenvalue weighted by Crippen LogP contribution is 2.27. The fourth-order valence-corrected chi connectivity index (χ4v) is 4.08. The zero-order valence-corrected chi connectivity index (χ0v) is 13.5. The fourth-order valence-electron chi connectivity index (χ4n) is 1.93. The van der Waals surface area contributed by atoms with Crippen molar-refractivity contribution in [2.24, 2.45) is 9.98 Å². The number of benzene rings is 2. The smallest absolute Gasteiger partial charge is 0.161 e. The van der Waals surface area contributed by atoms with Crippen LogP contribution in [0.2, 0.25) is 0 Å². The molecule has 0 atom stereocenters. The number of aliphatic imine (C=N–C) groups is 2. The molecule has 3 rings (SSSR count). The predicted octanol–water partition coefficient (Wildman–Crippen LogP) is 4.91. The van der Waals surface area contributed by atoms with Crippen LogP contribution in [0.4, 0.5) is 5.69 Å². The highest BCUT2D eigenvalue weighted by Gasteiger charge is 2.12. The van der Waals surface area contributed by atoms with Crippen LogP contribution in [0.5, 0.6) is 0 Å². The van der Waals surface area contributed by atoms with Gasteiger partial charge in [0.15, 0.2) is 5.84 Å². The van der Waals surface area contributed by atoms with E-state index in [0.29, 0.717) is 0 Å². The lowest BCUT2D eigenvalue weighted by Crippen LogP contribution is -1.98. The van der Waals surface area contributed by atoms with Gasteiger partial charge in [-0.15, -0.1) is 0 Å². The van der Waals surface area contributed by atoms with Crippen LogP contribution in [-0.4, -0.2) is 21.7 Å². The van der Waals surface area contributed by atoms with E-state index in [-0.39, 0.29) is 0 Å². The van der Waals surface area contributed by atoms with Crippen LogP contribution in [0.1, 0.15) is 11.1 Å². The lowest BCUT2D eigenvalue weighted by Gasteiger charge is -2.03. The molecule has 1 aliphatic rings. The van der Waals surface area contributed by atoms with Crippen molar-refractivity contribution in [3.8, 4) is 0 Å². The van der Waals surface area contributed by atoms with Crippen molar-refractivity contribution in [3.63, 3.8) is 0 Å². The summed E-state index contributed by atoms with van der Waals surface area (Å²) in [7, 11) is 0. The summed E-state index contributed by atoms with van der Waals surface area (Å²) in [4.78, 5) is 9.49. The van der Waals surface area contributed by atoms with Crippen molar-refractivity contribution >= 4 is 39.4 Å². The molecule has 0 aliphatic carbocycles. The normalized spacial score (nSPS) is 15.3. The maximum atomic E-state index is 4.76. The summed E-state index contributed by atoms with van der Waals surface area (Å²) < 4.78 is 1.12. The first kappa shape index (κ1) is 14.4. The molecule has 1 heterocycles. The molecule has 1 aliphatic heterocycles. The van der Waals surface area contributed by atoms with E-state index >= 15 is 0 Å². The van der Waals surface area contributed by atoms with Crippen molar-refractivity contribution in [2.45, 2.75) is 6.92 Å². The monoisotopic (exact) mass is 312 g/mol. The Morgan fingerprint density at radius 2 is 1.57 bits per heavy atom. The number of hydrogen-bond donors (Lipinski definition) is 0. The summed E-state index contributed by atoms with van der Waals surface area (Å²) in [5.41, 5.74) is 3.24. The molecule has 1 fully saturated rings. The van der Waals surface area contributed by atoms with Crippen LogP contribution in [0.3, 0.4) is 0 Å². The van der Waals surface area contributed by atoms with Gasteiger partial charge < -0.3 is 0 Å². The molecule has 2 nitrogen and oxygen atoms in total. The first-order valence-electron chi connectivity index (χ1n) is 6.86. The second-order valence-electron chi connectivity index (χ2n) is 4.71. The summed E-state index contributed by atoms with van der Waals surface area (Å²) in [5.74, 6) is 3.06. The van der Waals surface area contributed by atoms with Gasteiger partial charge in [-0.3, -0.25) is 0 Å². The molecule has 0 aromatic heterocycles. The summed E-state index contributed by atoms with van der Waals surface area (Å²) in [6.07, 6.45) is 0. The Morgan fingerprint density at radius 1 is 0.905 bits per heavy atom. The Morgan fingerprint density at radius 3 is 2.24 bits per heavy atom. The molecular formula is C17H16N2S2. The van der Waals surface area contributed by atoms with Crippen LogP contribution >= 0.6 is 23.5 Å². The zero-order valence-electron chi connectivity index (χ0n) is 11.8. The molecular weight excluding hydrogens is 296 g/mol. The molecule has 0 saturated carbocycles. The molecule has 0 amide bonds. The van der Waals surface area contributed by atoms with Crippen molar-refractivity contribution < 1.29 is 0 Å². The summed E-state index contributed by atoms with van der Waals surface area (Å²) >= 11 is 3.62. The van der Waals surface area contributed by atoms with Gasteiger partial charge in [0.2, 0.25) is 0 Å². The van der Waals surface area contributed by atoms with Crippen LogP contribution in [0.15, 0.2) is 64.6 Å². The van der Waals surface area contributed by atoms with E-state index in [1.807, 2.05) is 53.9 Å². The van der Waals surface area contributed by atoms with E-state index in [1.165, 1.54) is 5.56 Å². The van der Waals surface area contributed by atoms with E-state index in [9.17, 15) is 0 Å². The SMILES string of the molecule is Cc1ccc(N=C(N=C2SCCS2)c2ccccc2)cc1. The van der Waals surface area contributed by atoms with Gasteiger partial charge in [0.25, 0.3) is 0 Å². The first-order chi connectivity index (χ1) is 10.3. The Kier molecular flexibility index (Phi) is 4.78. The second-order valence-corrected chi connectivity index (χ2v) is 7.14. The average Bonchev–Trinajstić information content (AvgIpc) is 3.03. The van der Waals surface area contributed by atoms with Crippen molar-refractivity contribution in [1.82, 2.24) is 0 Å². The second kappa shape index (κ2) is 6.96. The molecule has 0 unspecified atom stereocenters. The maximum absolute atomic E-state index is 4.76. The van der Waals surface area contributed by atoms with Crippen LogP contribution in [0, 0.1) is 6.92 Å². The highest BCUT2D eigenvalue weighted by atomic mass is 32.2. The Hall–Kier alpha value is -1.52. The lowest BCUT2D eigenvalue weighted by molar-refractivity contribution is 1.41. The first-order valence-corrected chi connectivity index (χ1v) is 8.83. The van der Waals surface area contributed by atoms with Crippen LogP contribution in [-0.2, 0) is 0 Å². The van der Waals surface area contributed by atoms with E-state index in [1.54, 1.807) is 0 Å². The van der Waals surface area contributed by atoms with Gasteiger partial charge in [-0.05, 0) is 19.1 Å². The molecule has 2 aromatic carbocycles. The van der Waals surface area contributed by atoms with Gasteiger partial charge in [-0.1, -0.05) is 71.6 Å². The number of hydrogen-bond acceptors (Lipinski definition) is 3. The Labute approximate surface area is 133 Å². The molecule has 4 heteroatoms. The predicted molar refractivity (Wildman–Crippen MR) is 96.2 cm³/mol. The molecule has 0 bridgehead atoms. The fraction of sp³-hybridized carbons (Fsp3) is 0.176. The summed E-state index contributed by atoms with van der Waals surface area (Å²) in [6.45, 7) is 2.08. The maximum Gasteiger partial charge on any atom is 0.161 e. The number of nitrogens with zero attached hydrogens (tertiary/aromatic N) is 2. The minimum atomic E-state index is 0.788. The van der Waals surface area contributed by atoms with E-state index in [2.05, 4.69) is 31.2 Å². The minimum absolute atomic E-state index is 0.788. The van der Waals surface area contributed by atoms with Crippen molar-refractivity contribution in [2.75, 3.05) is 11.5 Å². The summed E-state index contributed by atoms with van der Waals surface area (Å²) in [6, 6.07) is 18.4. The molecule has 0 spiro atoms. The minimum Gasteiger partial charge on any atom is -0.229 e. The summed E-state index contributed by atoms with van der Waals surface area (Å²) in [5, 5.41) is 0.